The maximum Gasteiger partial charge on any atom is 0.289 e. The standard InChI is InChI=1S/C22H22ClNO5/c1-24(13-14-9-10-18(26-2)21(28-4)20(14)27-3)22(25)19-12-11-17(29-19)15-7-5-6-8-16(15)23/h5-12H,13H2,1-4H3. The summed E-state index contributed by atoms with van der Waals surface area (Å²) in [4.78, 5) is 14.4. The minimum absolute atomic E-state index is 0.224. The van der Waals surface area contributed by atoms with Crippen LogP contribution in [0.2, 0.25) is 5.02 Å². The van der Waals surface area contributed by atoms with Crippen molar-refractivity contribution in [2.75, 3.05) is 28.4 Å². The average Bonchev–Trinajstić information content (AvgIpc) is 3.22. The van der Waals surface area contributed by atoms with Crippen LogP contribution in [0.1, 0.15) is 16.1 Å². The van der Waals surface area contributed by atoms with E-state index in [-0.39, 0.29) is 11.7 Å². The molecule has 0 saturated heterocycles. The fraction of sp³-hybridized carbons (Fsp3) is 0.227. The first kappa shape index (κ1) is 20.6. The van der Waals surface area contributed by atoms with Gasteiger partial charge in [-0.25, -0.2) is 0 Å². The summed E-state index contributed by atoms with van der Waals surface area (Å²) >= 11 is 6.21. The van der Waals surface area contributed by atoms with E-state index < -0.39 is 0 Å². The molecule has 0 atom stereocenters. The number of rotatable bonds is 7. The molecule has 0 bridgehead atoms. The molecule has 0 N–H and O–H groups in total. The van der Waals surface area contributed by atoms with Crippen LogP contribution in [0.5, 0.6) is 17.2 Å². The Bertz CT molecular complexity index is 1010. The second kappa shape index (κ2) is 8.92. The molecule has 1 aromatic heterocycles. The number of methoxy groups -OCH3 is 3. The number of halogens is 1. The van der Waals surface area contributed by atoms with E-state index in [1.807, 2.05) is 24.3 Å². The van der Waals surface area contributed by atoms with Gasteiger partial charge in [0.25, 0.3) is 5.91 Å². The number of hydrogen-bond acceptors (Lipinski definition) is 5. The van der Waals surface area contributed by atoms with E-state index in [1.165, 1.54) is 7.11 Å². The quantitative estimate of drug-likeness (QED) is 0.549. The summed E-state index contributed by atoms with van der Waals surface area (Å²) in [6.07, 6.45) is 0. The third-order valence-electron chi connectivity index (χ3n) is 4.50. The Hall–Kier alpha value is -3.12. The van der Waals surface area contributed by atoms with Gasteiger partial charge in [-0.1, -0.05) is 23.7 Å². The zero-order chi connectivity index (χ0) is 21.0. The first-order chi connectivity index (χ1) is 14.0. The van der Waals surface area contributed by atoms with Crippen LogP contribution in [0, 0.1) is 0 Å². The number of amides is 1. The number of carbonyl (C=O) groups excluding carboxylic acids is 1. The Morgan fingerprint density at radius 1 is 0.966 bits per heavy atom. The SMILES string of the molecule is COc1ccc(CN(C)C(=O)c2ccc(-c3ccccc3Cl)o2)c(OC)c1OC. The monoisotopic (exact) mass is 415 g/mol. The Labute approximate surface area is 174 Å². The van der Waals surface area contributed by atoms with E-state index in [0.717, 1.165) is 11.1 Å². The topological polar surface area (TPSA) is 61.1 Å². The molecule has 6 nitrogen and oxygen atoms in total. The maximum atomic E-state index is 12.9. The summed E-state index contributed by atoms with van der Waals surface area (Å²) in [5.74, 6) is 2.05. The number of hydrogen-bond donors (Lipinski definition) is 0. The van der Waals surface area contributed by atoms with Crippen molar-refractivity contribution in [3.63, 3.8) is 0 Å². The van der Waals surface area contributed by atoms with Crippen molar-refractivity contribution in [1.29, 1.82) is 0 Å². The molecule has 2 aromatic carbocycles. The van der Waals surface area contributed by atoms with E-state index >= 15 is 0 Å². The van der Waals surface area contributed by atoms with Gasteiger partial charge in [0.05, 0.1) is 26.4 Å². The average molecular weight is 416 g/mol. The Morgan fingerprint density at radius 3 is 2.34 bits per heavy atom. The van der Waals surface area contributed by atoms with Crippen LogP contribution >= 0.6 is 11.6 Å². The molecule has 1 heterocycles. The molecule has 1 amide bonds. The van der Waals surface area contributed by atoms with Crippen molar-refractivity contribution in [2.24, 2.45) is 0 Å². The predicted octanol–water partition coefficient (Wildman–Crippen LogP) is 4.90. The summed E-state index contributed by atoms with van der Waals surface area (Å²) in [7, 11) is 6.33. The highest BCUT2D eigenvalue weighted by molar-refractivity contribution is 6.33. The van der Waals surface area contributed by atoms with Crippen LogP contribution in [0.4, 0.5) is 0 Å². The van der Waals surface area contributed by atoms with Gasteiger partial charge in [-0.15, -0.1) is 0 Å². The molecule has 0 aliphatic rings. The van der Waals surface area contributed by atoms with E-state index in [2.05, 4.69) is 0 Å². The molecule has 0 spiro atoms. The second-order valence-electron chi connectivity index (χ2n) is 6.30. The third kappa shape index (κ3) is 4.17. The fourth-order valence-electron chi connectivity index (χ4n) is 3.06. The summed E-state index contributed by atoms with van der Waals surface area (Å²) in [5.41, 5.74) is 1.51. The lowest BCUT2D eigenvalue weighted by molar-refractivity contribution is 0.0753. The number of ether oxygens (including phenoxy) is 3. The van der Waals surface area contributed by atoms with Crippen molar-refractivity contribution in [1.82, 2.24) is 4.90 Å². The Kier molecular flexibility index (Phi) is 6.34. The Balaban J connectivity index is 1.83. The summed E-state index contributed by atoms with van der Waals surface area (Å²) < 4.78 is 22.0. The highest BCUT2D eigenvalue weighted by atomic mass is 35.5. The molecule has 3 rings (SSSR count). The molecule has 0 unspecified atom stereocenters. The predicted molar refractivity (Wildman–Crippen MR) is 111 cm³/mol. The van der Waals surface area contributed by atoms with Gasteiger partial charge in [-0.2, -0.15) is 0 Å². The van der Waals surface area contributed by atoms with Crippen LogP contribution in [-0.4, -0.2) is 39.2 Å². The molecule has 152 valence electrons. The van der Waals surface area contributed by atoms with Gasteiger partial charge in [0.1, 0.15) is 5.76 Å². The van der Waals surface area contributed by atoms with Gasteiger partial charge < -0.3 is 23.5 Å². The van der Waals surface area contributed by atoms with Gasteiger partial charge >= 0.3 is 0 Å². The van der Waals surface area contributed by atoms with Crippen molar-refractivity contribution < 1.29 is 23.4 Å². The normalized spacial score (nSPS) is 10.5. The Morgan fingerprint density at radius 2 is 1.69 bits per heavy atom. The van der Waals surface area contributed by atoms with Crippen molar-refractivity contribution in [3.05, 3.63) is 64.9 Å². The first-order valence-corrected chi connectivity index (χ1v) is 9.26. The smallest absolute Gasteiger partial charge is 0.289 e. The number of carbonyl (C=O) groups is 1. The lowest BCUT2D eigenvalue weighted by Crippen LogP contribution is -2.26. The molecular weight excluding hydrogens is 394 g/mol. The fourth-order valence-corrected chi connectivity index (χ4v) is 3.29. The molecule has 0 aliphatic heterocycles. The molecular formula is C22H22ClNO5. The van der Waals surface area contributed by atoms with Crippen LogP contribution in [0.3, 0.4) is 0 Å². The van der Waals surface area contributed by atoms with Gasteiger partial charge in [-0.05, 0) is 36.4 Å². The van der Waals surface area contributed by atoms with Gasteiger partial charge in [-0.3, -0.25) is 4.79 Å². The molecule has 3 aromatic rings. The highest BCUT2D eigenvalue weighted by Gasteiger charge is 2.21. The molecule has 0 fully saturated rings. The summed E-state index contributed by atoms with van der Waals surface area (Å²) in [6, 6.07) is 14.3. The molecule has 7 heteroatoms. The van der Waals surface area contributed by atoms with E-state index in [1.54, 1.807) is 50.4 Å². The van der Waals surface area contributed by atoms with Gasteiger partial charge in [0.2, 0.25) is 5.75 Å². The molecule has 0 saturated carbocycles. The zero-order valence-electron chi connectivity index (χ0n) is 16.7. The van der Waals surface area contributed by atoms with Crippen LogP contribution in [-0.2, 0) is 6.54 Å². The van der Waals surface area contributed by atoms with Crippen molar-refractivity contribution in [3.8, 4) is 28.6 Å². The summed E-state index contributed by atoms with van der Waals surface area (Å²) in [6.45, 7) is 0.296. The molecule has 29 heavy (non-hydrogen) atoms. The highest BCUT2D eigenvalue weighted by Crippen LogP contribution is 2.40. The van der Waals surface area contributed by atoms with Crippen LogP contribution in [0.25, 0.3) is 11.3 Å². The zero-order valence-corrected chi connectivity index (χ0v) is 17.4. The van der Waals surface area contributed by atoms with E-state index in [4.69, 9.17) is 30.2 Å². The van der Waals surface area contributed by atoms with Gasteiger partial charge in [0.15, 0.2) is 17.3 Å². The third-order valence-corrected chi connectivity index (χ3v) is 4.83. The van der Waals surface area contributed by atoms with Crippen LogP contribution < -0.4 is 14.2 Å². The van der Waals surface area contributed by atoms with Gasteiger partial charge in [0, 0.05) is 24.7 Å². The van der Waals surface area contributed by atoms with Crippen molar-refractivity contribution >= 4 is 17.5 Å². The van der Waals surface area contributed by atoms with Crippen molar-refractivity contribution in [2.45, 2.75) is 6.54 Å². The molecule has 0 aliphatic carbocycles. The van der Waals surface area contributed by atoms with Crippen LogP contribution in [0.15, 0.2) is 52.9 Å². The molecule has 0 radical (unpaired) electrons. The minimum atomic E-state index is -0.264. The van der Waals surface area contributed by atoms with E-state index in [9.17, 15) is 4.79 Å². The number of benzene rings is 2. The lowest BCUT2D eigenvalue weighted by Gasteiger charge is -2.20. The maximum absolute atomic E-state index is 12.9. The largest absolute Gasteiger partial charge is 0.493 e. The minimum Gasteiger partial charge on any atom is -0.493 e. The second-order valence-corrected chi connectivity index (χ2v) is 6.71. The number of furan rings is 1. The first-order valence-electron chi connectivity index (χ1n) is 8.88. The number of nitrogens with zero attached hydrogens (tertiary/aromatic N) is 1. The lowest BCUT2D eigenvalue weighted by atomic mass is 10.1. The summed E-state index contributed by atoms with van der Waals surface area (Å²) in [5, 5.41) is 0.560. The van der Waals surface area contributed by atoms with E-state index in [0.29, 0.717) is 34.6 Å².